The van der Waals surface area contributed by atoms with Crippen molar-refractivity contribution in [2.75, 3.05) is 0 Å². The maximum absolute atomic E-state index is 13.1. The van der Waals surface area contributed by atoms with Crippen molar-refractivity contribution in [3.63, 3.8) is 0 Å². The van der Waals surface area contributed by atoms with Crippen LogP contribution in [0.3, 0.4) is 0 Å². The van der Waals surface area contributed by atoms with Gasteiger partial charge in [0, 0.05) is 10.9 Å². The molecule has 0 spiro atoms. The minimum Gasteiger partial charge on any atom is -0.286 e. The van der Waals surface area contributed by atoms with Crippen LogP contribution in [0.15, 0.2) is 60.7 Å². The van der Waals surface area contributed by atoms with Crippen LogP contribution in [0.1, 0.15) is 16.1 Å². The van der Waals surface area contributed by atoms with Gasteiger partial charge in [-0.2, -0.15) is 0 Å². The fourth-order valence-electron chi connectivity index (χ4n) is 2.19. The zero-order chi connectivity index (χ0) is 17.1. The molecule has 0 aliphatic heterocycles. The Hall–Kier alpha value is -3.21. The highest BCUT2D eigenvalue weighted by Gasteiger charge is 2.13. The van der Waals surface area contributed by atoms with E-state index >= 15 is 0 Å². The third kappa shape index (κ3) is 3.41. The number of hydrogen-bond donors (Lipinski definition) is 0. The number of carbonyl (C=O) groups is 2. The summed E-state index contributed by atoms with van der Waals surface area (Å²) in [4.78, 5) is 28.1. The van der Waals surface area contributed by atoms with Crippen LogP contribution in [-0.4, -0.2) is 16.6 Å². The van der Waals surface area contributed by atoms with E-state index in [1.165, 1.54) is 36.4 Å². The van der Waals surface area contributed by atoms with Crippen LogP contribution in [0.4, 0.5) is 8.78 Å². The predicted octanol–water partition coefficient (Wildman–Crippen LogP) is 3.98. The normalized spacial score (nSPS) is 11.1. The lowest BCUT2D eigenvalue weighted by Crippen LogP contribution is -2.11. The number of fused-ring (bicyclic) bond motifs is 1. The Kier molecular flexibility index (Phi) is 4.24. The number of hydrogen-bond acceptors (Lipinski definition) is 3. The van der Waals surface area contributed by atoms with Crippen LogP contribution in [-0.2, 0) is 4.79 Å². The van der Waals surface area contributed by atoms with Crippen molar-refractivity contribution in [1.82, 2.24) is 4.98 Å². The molecule has 0 aliphatic rings. The summed E-state index contributed by atoms with van der Waals surface area (Å²) in [6, 6.07) is 12.2. The van der Waals surface area contributed by atoms with E-state index in [9.17, 15) is 18.4 Å². The van der Waals surface area contributed by atoms with Crippen molar-refractivity contribution in [2.24, 2.45) is 0 Å². The van der Waals surface area contributed by atoms with E-state index in [1.807, 2.05) is 0 Å². The van der Waals surface area contributed by atoms with E-state index < -0.39 is 17.4 Å². The first-order chi connectivity index (χ1) is 11.5. The molecule has 3 aromatic rings. The SMILES string of the molecule is O=C(/C=C/c1ccc2cc(F)ccc2n1)C(=O)c1ccc(F)cc1. The average molecular weight is 323 g/mol. The largest absolute Gasteiger partial charge is 0.286 e. The zero-order valence-electron chi connectivity index (χ0n) is 12.4. The van der Waals surface area contributed by atoms with Crippen LogP contribution < -0.4 is 0 Å². The Morgan fingerprint density at radius 1 is 0.875 bits per heavy atom. The molecule has 0 aliphatic carbocycles. The van der Waals surface area contributed by atoms with E-state index in [4.69, 9.17) is 0 Å². The number of carbonyl (C=O) groups excluding carboxylic acids is 2. The monoisotopic (exact) mass is 323 g/mol. The first-order valence-electron chi connectivity index (χ1n) is 7.11. The van der Waals surface area contributed by atoms with E-state index in [1.54, 1.807) is 12.1 Å². The van der Waals surface area contributed by atoms with Gasteiger partial charge in [-0.15, -0.1) is 0 Å². The molecule has 1 heterocycles. The molecule has 24 heavy (non-hydrogen) atoms. The molecule has 0 unspecified atom stereocenters. The second-order valence-corrected chi connectivity index (χ2v) is 5.11. The highest BCUT2D eigenvalue weighted by molar-refractivity contribution is 6.48. The summed E-state index contributed by atoms with van der Waals surface area (Å²) >= 11 is 0. The smallest absolute Gasteiger partial charge is 0.232 e. The molecule has 0 bridgehead atoms. The lowest BCUT2D eigenvalue weighted by Gasteiger charge is -1.99. The highest BCUT2D eigenvalue weighted by Crippen LogP contribution is 2.15. The molecule has 3 rings (SSSR count). The lowest BCUT2D eigenvalue weighted by atomic mass is 10.1. The molecule has 0 saturated heterocycles. The molecule has 2 aromatic carbocycles. The second kappa shape index (κ2) is 6.50. The average Bonchev–Trinajstić information content (AvgIpc) is 2.59. The first kappa shape index (κ1) is 15.7. The Bertz CT molecular complexity index is 963. The van der Waals surface area contributed by atoms with Crippen molar-refractivity contribution < 1.29 is 18.4 Å². The Balaban J connectivity index is 1.79. The molecule has 5 heteroatoms. The summed E-state index contributed by atoms with van der Waals surface area (Å²) in [5, 5.41) is 0.640. The Morgan fingerprint density at radius 3 is 2.33 bits per heavy atom. The summed E-state index contributed by atoms with van der Waals surface area (Å²) in [5.41, 5.74) is 1.17. The molecule has 0 atom stereocenters. The molecular formula is C19H11F2NO2. The van der Waals surface area contributed by atoms with Crippen molar-refractivity contribution >= 4 is 28.5 Å². The van der Waals surface area contributed by atoms with E-state index in [0.29, 0.717) is 16.6 Å². The van der Waals surface area contributed by atoms with Gasteiger partial charge >= 0.3 is 0 Å². The van der Waals surface area contributed by atoms with Crippen LogP contribution in [0.2, 0.25) is 0 Å². The number of Topliss-reactive ketones (excluding diaryl/α,β-unsaturated/α-hetero) is 1. The summed E-state index contributed by atoms with van der Waals surface area (Å²) < 4.78 is 25.9. The maximum Gasteiger partial charge on any atom is 0.232 e. The number of allylic oxidation sites excluding steroid dienone is 1. The summed E-state index contributed by atoms with van der Waals surface area (Å²) in [5.74, 6) is -2.30. The third-order valence-electron chi connectivity index (χ3n) is 3.41. The number of halogens is 2. The van der Waals surface area contributed by atoms with Gasteiger partial charge in [-0.25, -0.2) is 13.8 Å². The van der Waals surface area contributed by atoms with Gasteiger partial charge in [0.2, 0.25) is 11.6 Å². The number of nitrogens with zero attached hydrogens (tertiary/aromatic N) is 1. The maximum atomic E-state index is 13.1. The van der Waals surface area contributed by atoms with Crippen LogP contribution >= 0.6 is 0 Å². The van der Waals surface area contributed by atoms with Gasteiger partial charge in [-0.05, 0) is 60.7 Å². The van der Waals surface area contributed by atoms with E-state index in [0.717, 1.165) is 18.2 Å². The van der Waals surface area contributed by atoms with Crippen LogP contribution in [0.25, 0.3) is 17.0 Å². The highest BCUT2D eigenvalue weighted by atomic mass is 19.1. The topological polar surface area (TPSA) is 47.0 Å². The van der Waals surface area contributed by atoms with Gasteiger partial charge in [0.1, 0.15) is 11.6 Å². The minimum atomic E-state index is -0.734. The van der Waals surface area contributed by atoms with Crippen molar-refractivity contribution in [1.29, 1.82) is 0 Å². The predicted molar refractivity (Wildman–Crippen MR) is 86.5 cm³/mol. The standard InChI is InChI=1S/C19H11F2NO2/c20-14-4-1-12(2-5-14)19(24)18(23)10-8-16-7-3-13-11-15(21)6-9-17(13)22-16/h1-11H/b10-8+. The number of pyridine rings is 1. The molecular weight excluding hydrogens is 312 g/mol. The minimum absolute atomic E-state index is 0.119. The van der Waals surface area contributed by atoms with E-state index in [-0.39, 0.29) is 11.4 Å². The van der Waals surface area contributed by atoms with Gasteiger partial charge in [0.25, 0.3) is 0 Å². The molecule has 0 amide bonds. The first-order valence-corrected chi connectivity index (χ1v) is 7.11. The quantitative estimate of drug-likeness (QED) is 0.414. The molecule has 3 nitrogen and oxygen atoms in total. The van der Waals surface area contributed by atoms with Gasteiger partial charge < -0.3 is 0 Å². The fourth-order valence-corrected chi connectivity index (χ4v) is 2.19. The summed E-state index contributed by atoms with van der Waals surface area (Å²) in [6.45, 7) is 0. The Labute approximate surface area is 136 Å². The van der Waals surface area contributed by atoms with Crippen molar-refractivity contribution in [3.8, 4) is 0 Å². The fraction of sp³-hybridized carbons (Fsp3) is 0. The molecule has 118 valence electrons. The zero-order valence-corrected chi connectivity index (χ0v) is 12.4. The molecule has 0 N–H and O–H groups in total. The van der Waals surface area contributed by atoms with Crippen LogP contribution in [0.5, 0.6) is 0 Å². The third-order valence-corrected chi connectivity index (χ3v) is 3.41. The Morgan fingerprint density at radius 2 is 1.58 bits per heavy atom. The molecule has 1 aromatic heterocycles. The van der Waals surface area contributed by atoms with Gasteiger partial charge in [-0.3, -0.25) is 9.59 Å². The molecule has 0 fully saturated rings. The van der Waals surface area contributed by atoms with E-state index in [2.05, 4.69) is 4.98 Å². The van der Waals surface area contributed by atoms with Crippen molar-refractivity contribution in [3.05, 3.63) is 83.6 Å². The summed E-state index contributed by atoms with van der Waals surface area (Å²) in [6.07, 6.45) is 2.52. The number of benzene rings is 2. The number of aromatic nitrogens is 1. The lowest BCUT2D eigenvalue weighted by molar-refractivity contribution is -0.110. The van der Waals surface area contributed by atoms with Gasteiger partial charge in [0.15, 0.2) is 0 Å². The van der Waals surface area contributed by atoms with Crippen LogP contribution in [0, 0.1) is 11.6 Å². The molecule has 0 radical (unpaired) electrons. The second-order valence-electron chi connectivity index (χ2n) is 5.11. The van der Waals surface area contributed by atoms with Crippen molar-refractivity contribution in [2.45, 2.75) is 0 Å². The van der Waals surface area contributed by atoms with Gasteiger partial charge in [-0.1, -0.05) is 6.07 Å². The number of rotatable bonds is 4. The van der Waals surface area contributed by atoms with Gasteiger partial charge in [0.05, 0.1) is 11.2 Å². The molecule has 0 saturated carbocycles. The number of ketones is 2. The summed E-state index contributed by atoms with van der Waals surface area (Å²) in [7, 11) is 0.